The lowest BCUT2D eigenvalue weighted by Crippen LogP contribution is -1.96. The summed E-state index contributed by atoms with van der Waals surface area (Å²) in [5.41, 5.74) is 2.23. The van der Waals surface area contributed by atoms with Gasteiger partial charge in [-0.1, -0.05) is 19.4 Å². The molecule has 0 saturated heterocycles. The van der Waals surface area contributed by atoms with Gasteiger partial charge in [-0.2, -0.15) is 0 Å². The van der Waals surface area contributed by atoms with Gasteiger partial charge < -0.3 is 4.74 Å². The first-order chi connectivity index (χ1) is 8.81. The van der Waals surface area contributed by atoms with E-state index in [0.29, 0.717) is 0 Å². The number of methoxy groups -OCH3 is 1. The second-order valence-corrected chi connectivity index (χ2v) is 5.12. The number of pyridine rings is 1. The molecule has 2 rings (SSSR count). The van der Waals surface area contributed by atoms with Crippen LogP contribution < -0.4 is 4.74 Å². The highest BCUT2D eigenvalue weighted by atomic mass is 32.2. The van der Waals surface area contributed by atoms with Crippen LogP contribution in [0.5, 0.6) is 5.75 Å². The van der Waals surface area contributed by atoms with Crippen molar-refractivity contribution in [2.24, 2.45) is 0 Å². The molecular weight excluding hydrogens is 242 g/mol. The van der Waals surface area contributed by atoms with Crippen molar-refractivity contribution < 1.29 is 4.74 Å². The average Bonchev–Trinajstić information content (AvgIpc) is 2.43. The smallest absolute Gasteiger partial charge is 0.134 e. The molecule has 0 saturated carbocycles. The minimum atomic E-state index is 0.999. The van der Waals surface area contributed by atoms with E-state index in [0.717, 1.165) is 23.1 Å². The molecule has 3 heteroatoms. The molecule has 0 bridgehead atoms. The molecule has 0 atom stereocenters. The molecule has 0 fully saturated rings. The third kappa shape index (κ3) is 2.46. The molecule has 0 aliphatic carbocycles. The lowest BCUT2D eigenvalue weighted by Gasteiger charge is -2.13. The van der Waals surface area contributed by atoms with Crippen LogP contribution >= 0.6 is 11.8 Å². The van der Waals surface area contributed by atoms with Gasteiger partial charge in [0.25, 0.3) is 0 Å². The molecule has 0 N–H and O–H groups in total. The maximum absolute atomic E-state index is 5.64. The summed E-state index contributed by atoms with van der Waals surface area (Å²) in [7, 11) is 1.75. The van der Waals surface area contributed by atoms with E-state index in [2.05, 4.69) is 24.2 Å². The van der Waals surface area contributed by atoms with Crippen molar-refractivity contribution >= 4 is 22.7 Å². The van der Waals surface area contributed by atoms with Gasteiger partial charge in [-0.3, -0.25) is 4.98 Å². The lowest BCUT2D eigenvalue weighted by molar-refractivity contribution is 0.413. The Hall–Kier alpha value is -1.22. The monoisotopic (exact) mass is 261 g/mol. The molecule has 1 heterocycles. The number of ether oxygens (including phenoxy) is 1. The van der Waals surface area contributed by atoms with Crippen LogP contribution in [0, 0.1) is 0 Å². The lowest BCUT2D eigenvalue weighted by atomic mass is 10.1. The number of nitrogens with zero attached hydrogens (tertiary/aromatic N) is 1. The van der Waals surface area contributed by atoms with Crippen molar-refractivity contribution in [3.05, 3.63) is 30.0 Å². The van der Waals surface area contributed by atoms with Crippen molar-refractivity contribution in [3.8, 4) is 5.75 Å². The highest BCUT2D eigenvalue weighted by Crippen LogP contribution is 2.35. The molecule has 2 aromatic rings. The van der Waals surface area contributed by atoms with E-state index in [-0.39, 0.29) is 0 Å². The Labute approximate surface area is 113 Å². The van der Waals surface area contributed by atoms with Crippen LogP contribution in [0.25, 0.3) is 10.9 Å². The Balaban J connectivity index is 2.61. The fraction of sp³-hybridized carbons (Fsp3) is 0.400. The molecule has 1 aromatic carbocycles. The summed E-state index contributed by atoms with van der Waals surface area (Å²) in [6, 6.07) is 6.22. The van der Waals surface area contributed by atoms with E-state index in [4.69, 9.17) is 4.74 Å². The first-order valence-corrected chi connectivity index (χ1v) is 7.52. The van der Waals surface area contributed by atoms with Crippen molar-refractivity contribution in [2.75, 3.05) is 13.4 Å². The Morgan fingerprint density at radius 3 is 2.83 bits per heavy atom. The number of unbranched alkanes of at least 4 members (excludes halogenated alkanes) is 1. The molecule has 0 radical (unpaired) electrons. The molecule has 0 unspecified atom stereocenters. The Morgan fingerprint density at radius 2 is 2.17 bits per heavy atom. The van der Waals surface area contributed by atoms with Gasteiger partial charge in [0.2, 0.25) is 0 Å². The topological polar surface area (TPSA) is 22.1 Å². The SMILES string of the molecule is CCCCc1cnc2cccc(SC)c2c1OC. The molecule has 0 spiro atoms. The van der Waals surface area contributed by atoms with Crippen molar-refractivity contribution in [2.45, 2.75) is 31.1 Å². The number of aromatic nitrogens is 1. The van der Waals surface area contributed by atoms with Crippen LogP contribution in [0.4, 0.5) is 0 Å². The first-order valence-electron chi connectivity index (χ1n) is 6.30. The first kappa shape index (κ1) is 13.2. The van der Waals surface area contributed by atoms with Crippen LogP contribution in [-0.4, -0.2) is 18.3 Å². The van der Waals surface area contributed by atoms with Crippen LogP contribution in [0.15, 0.2) is 29.3 Å². The zero-order valence-electron chi connectivity index (χ0n) is 11.2. The van der Waals surface area contributed by atoms with Gasteiger partial charge in [0.05, 0.1) is 18.0 Å². The average molecular weight is 261 g/mol. The summed E-state index contributed by atoms with van der Waals surface area (Å²) in [6.07, 6.45) is 7.44. The number of hydrogen-bond acceptors (Lipinski definition) is 3. The molecule has 18 heavy (non-hydrogen) atoms. The highest BCUT2D eigenvalue weighted by Gasteiger charge is 2.12. The summed E-state index contributed by atoms with van der Waals surface area (Å²) in [5, 5.41) is 1.15. The van der Waals surface area contributed by atoms with E-state index in [9.17, 15) is 0 Å². The van der Waals surface area contributed by atoms with Gasteiger partial charge in [0, 0.05) is 16.7 Å². The summed E-state index contributed by atoms with van der Waals surface area (Å²) >= 11 is 1.74. The molecule has 0 aliphatic heterocycles. The van der Waals surface area contributed by atoms with Crippen molar-refractivity contribution in [1.29, 1.82) is 0 Å². The van der Waals surface area contributed by atoms with Crippen LogP contribution in [0.3, 0.4) is 0 Å². The summed E-state index contributed by atoms with van der Waals surface area (Å²) in [4.78, 5) is 5.79. The maximum Gasteiger partial charge on any atom is 0.134 e. The summed E-state index contributed by atoms with van der Waals surface area (Å²) in [5.74, 6) is 0.999. The largest absolute Gasteiger partial charge is 0.496 e. The quantitative estimate of drug-likeness (QED) is 0.749. The minimum Gasteiger partial charge on any atom is -0.496 e. The van der Waals surface area contributed by atoms with E-state index in [1.807, 2.05) is 18.3 Å². The van der Waals surface area contributed by atoms with E-state index >= 15 is 0 Å². The third-order valence-electron chi connectivity index (χ3n) is 3.11. The number of thioether (sulfide) groups is 1. The van der Waals surface area contributed by atoms with Gasteiger partial charge in [0.15, 0.2) is 0 Å². The Morgan fingerprint density at radius 1 is 1.33 bits per heavy atom. The predicted octanol–water partition coefficient (Wildman–Crippen LogP) is 4.31. The summed E-state index contributed by atoms with van der Waals surface area (Å²) in [6.45, 7) is 2.20. The second kappa shape index (κ2) is 6.10. The molecule has 0 aliphatic rings. The molecule has 2 nitrogen and oxygen atoms in total. The van der Waals surface area contributed by atoms with Gasteiger partial charge >= 0.3 is 0 Å². The highest BCUT2D eigenvalue weighted by molar-refractivity contribution is 7.98. The molecule has 1 aromatic heterocycles. The van der Waals surface area contributed by atoms with Gasteiger partial charge in [-0.15, -0.1) is 11.8 Å². The number of fused-ring (bicyclic) bond motifs is 1. The fourth-order valence-electron chi connectivity index (χ4n) is 2.17. The van der Waals surface area contributed by atoms with E-state index in [1.54, 1.807) is 18.9 Å². The molecular formula is C15H19NOS. The normalized spacial score (nSPS) is 10.8. The van der Waals surface area contributed by atoms with Gasteiger partial charge in [0.1, 0.15) is 5.75 Å². The molecule has 96 valence electrons. The maximum atomic E-state index is 5.64. The second-order valence-electron chi connectivity index (χ2n) is 4.27. The Kier molecular flexibility index (Phi) is 4.48. The third-order valence-corrected chi connectivity index (χ3v) is 3.89. The zero-order valence-corrected chi connectivity index (χ0v) is 12.0. The van der Waals surface area contributed by atoms with Crippen LogP contribution in [0.1, 0.15) is 25.3 Å². The minimum absolute atomic E-state index is 0.999. The number of rotatable bonds is 5. The standard InChI is InChI=1S/C15H19NOS/c1-4-5-7-11-10-16-12-8-6-9-13(18-3)14(12)15(11)17-2/h6,8-10H,4-5,7H2,1-3H3. The zero-order chi connectivity index (χ0) is 13.0. The van der Waals surface area contributed by atoms with E-state index in [1.165, 1.54) is 23.3 Å². The Bertz CT molecular complexity index is 539. The fourth-order valence-corrected chi connectivity index (χ4v) is 2.79. The predicted molar refractivity (Wildman–Crippen MR) is 78.7 cm³/mol. The van der Waals surface area contributed by atoms with Crippen molar-refractivity contribution in [3.63, 3.8) is 0 Å². The van der Waals surface area contributed by atoms with Crippen LogP contribution in [-0.2, 0) is 6.42 Å². The van der Waals surface area contributed by atoms with Gasteiger partial charge in [-0.05, 0) is 31.2 Å². The van der Waals surface area contributed by atoms with Crippen LogP contribution in [0.2, 0.25) is 0 Å². The molecule has 0 amide bonds. The number of aryl methyl sites for hydroxylation is 1. The van der Waals surface area contributed by atoms with E-state index < -0.39 is 0 Å². The summed E-state index contributed by atoms with van der Waals surface area (Å²) < 4.78 is 5.64. The number of benzene rings is 1. The number of hydrogen-bond donors (Lipinski definition) is 0. The van der Waals surface area contributed by atoms with Crippen molar-refractivity contribution in [1.82, 2.24) is 4.98 Å². The van der Waals surface area contributed by atoms with Gasteiger partial charge in [-0.25, -0.2) is 0 Å².